The third-order valence-electron chi connectivity index (χ3n) is 3.94. The number of hydrogen-bond donors (Lipinski definition) is 1. The smallest absolute Gasteiger partial charge is 0.409 e. The topological polar surface area (TPSA) is 54.5 Å². The van der Waals surface area contributed by atoms with Crippen LogP contribution < -0.4 is 5.32 Å². The fraction of sp³-hybridized carbons (Fsp3) is 0.625. The molecule has 2 heterocycles. The molecule has 1 saturated heterocycles. The van der Waals surface area contributed by atoms with Crippen LogP contribution >= 0.6 is 0 Å². The van der Waals surface area contributed by atoms with E-state index in [1.54, 1.807) is 4.90 Å². The lowest BCUT2D eigenvalue weighted by atomic mass is 10.0. The molecule has 5 heteroatoms. The molecule has 116 valence electrons. The van der Waals surface area contributed by atoms with Gasteiger partial charge in [-0.2, -0.15) is 0 Å². The van der Waals surface area contributed by atoms with Crippen molar-refractivity contribution in [1.82, 2.24) is 15.2 Å². The SMILES string of the molecule is CCOC(=O)N1CCC(NCc2ncccc2CC)CC1. The van der Waals surface area contributed by atoms with Crippen LogP contribution in [-0.4, -0.2) is 41.7 Å². The van der Waals surface area contributed by atoms with E-state index in [2.05, 4.69) is 23.3 Å². The molecule has 0 atom stereocenters. The van der Waals surface area contributed by atoms with E-state index < -0.39 is 0 Å². The number of nitrogens with zero attached hydrogens (tertiary/aromatic N) is 2. The zero-order valence-electron chi connectivity index (χ0n) is 13.0. The number of hydrogen-bond acceptors (Lipinski definition) is 4. The van der Waals surface area contributed by atoms with Gasteiger partial charge in [-0.3, -0.25) is 4.98 Å². The number of piperidine rings is 1. The molecule has 0 aliphatic carbocycles. The third kappa shape index (κ3) is 4.43. The van der Waals surface area contributed by atoms with Gasteiger partial charge in [0.05, 0.1) is 12.3 Å². The van der Waals surface area contributed by atoms with E-state index in [4.69, 9.17) is 4.74 Å². The Morgan fingerprint density at radius 2 is 2.19 bits per heavy atom. The molecule has 1 aromatic rings. The van der Waals surface area contributed by atoms with Crippen molar-refractivity contribution in [3.05, 3.63) is 29.6 Å². The van der Waals surface area contributed by atoms with Gasteiger partial charge in [-0.25, -0.2) is 4.79 Å². The second-order valence-corrected chi connectivity index (χ2v) is 5.30. The average molecular weight is 291 g/mol. The van der Waals surface area contributed by atoms with Gasteiger partial charge in [0.1, 0.15) is 0 Å². The van der Waals surface area contributed by atoms with Crippen LogP contribution in [0.1, 0.15) is 37.9 Å². The highest BCUT2D eigenvalue weighted by Crippen LogP contribution is 2.13. The van der Waals surface area contributed by atoms with Crippen molar-refractivity contribution in [3.63, 3.8) is 0 Å². The van der Waals surface area contributed by atoms with Crippen LogP contribution in [0.2, 0.25) is 0 Å². The highest BCUT2D eigenvalue weighted by molar-refractivity contribution is 5.67. The molecule has 0 saturated carbocycles. The molecule has 2 rings (SSSR count). The number of rotatable bonds is 5. The maximum absolute atomic E-state index is 11.6. The number of ether oxygens (including phenoxy) is 1. The summed E-state index contributed by atoms with van der Waals surface area (Å²) in [6.45, 7) is 6.76. The van der Waals surface area contributed by atoms with Gasteiger partial charge in [0.2, 0.25) is 0 Å². The highest BCUT2D eigenvalue weighted by Gasteiger charge is 2.23. The van der Waals surface area contributed by atoms with Crippen LogP contribution in [-0.2, 0) is 17.7 Å². The predicted molar refractivity (Wildman–Crippen MR) is 82.1 cm³/mol. The molecule has 1 aliphatic rings. The Morgan fingerprint density at radius 1 is 1.43 bits per heavy atom. The Bertz CT molecular complexity index is 457. The van der Waals surface area contributed by atoms with Crippen molar-refractivity contribution in [1.29, 1.82) is 0 Å². The fourth-order valence-corrected chi connectivity index (χ4v) is 2.67. The average Bonchev–Trinajstić information content (AvgIpc) is 2.54. The molecule has 1 amide bonds. The van der Waals surface area contributed by atoms with E-state index in [9.17, 15) is 4.79 Å². The second kappa shape index (κ2) is 7.98. The van der Waals surface area contributed by atoms with Crippen molar-refractivity contribution >= 4 is 6.09 Å². The standard InChI is InChI=1S/C16H25N3O2/c1-3-13-6-5-9-17-15(13)12-18-14-7-10-19(11-8-14)16(20)21-4-2/h5-6,9,14,18H,3-4,7-8,10-12H2,1-2H3. The van der Waals surface area contributed by atoms with Gasteiger partial charge in [0.15, 0.2) is 0 Å². The molecular formula is C16H25N3O2. The van der Waals surface area contributed by atoms with Crippen molar-refractivity contribution in [2.24, 2.45) is 0 Å². The Hall–Kier alpha value is -1.62. The summed E-state index contributed by atoms with van der Waals surface area (Å²) in [4.78, 5) is 17.9. The first kappa shape index (κ1) is 15.8. The van der Waals surface area contributed by atoms with Gasteiger partial charge in [0, 0.05) is 31.9 Å². The summed E-state index contributed by atoms with van der Waals surface area (Å²) in [5.74, 6) is 0. The van der Waals surface area contributed by atoms with Crippen molar-refractivity contribution in [2.45, 2.75) is 45.7 Å². The lowest BCUT2D eigenvalue weighted by molar-refractivity contribution is 0.0949. The Morgan fingerprint density at radius 3 is 2.86 bits per heavy atom. The first-order chi connectivity index (χ1) is 10.2. The van der Waals surface area contributed by atoms with Gasteiger partial charge < -0.3 is 15.0 Å². The molecule has 21 heavy (non-hydrogen) atoms. The number of aromatic nitrogens is 1. The summed E-state index contributed by atoms with van der Waals surface area (Å²) in [6, 6.07) is 4.57. The molecule has 1 N–H and O–H groups in total. The van der Waals surface area contributed by atoms with Gasteiger partial charge in [0.25, 0.3) is 0 Å². The van der Waals surface area contributed by atoms with E-state index in [-0.39, 0.29) is 6.09 Å². The van der Waals surface area contributed by atoms with Crippen LogP contribution in [0, 0.1) is 0 Å². The quantitative estimate of drug-likeness (QED) is 0.905. The minimum Gasteiger partial charge on any atom is -0.450 e. The normalized spacial score (nSPS) is 16.0. The summed E-state index contributed by atoms with van der Waals surface area (Å²) in [5, 5.41) is 3.56. The molecule has 0 bridgehead atoms. The number of aryl methyl sites for hydroxylation is 1. The van der Waals surface area contributed by atoms with E-state index in [0.29, 0.717) is 12.6 Å². The van der Waals surface area contributed by atoms with E-state index in [1.807, 2.05) is 19.2 Å². The number of pyridine rings is 1. The van der Waals surface area contributed by atoms with Gasteiger partial charge in [-0.15, -0.1) is 0 Å². The minimum atomic E-state index is -0.186. The molecular weight excluding hydrogens is 266 g/mol. The number of nitrogens with one attached hydrogen (secondary N) is 1. The molecule has 0 radical (unpaired) electrons. The van der Waals surface area contributed by atoms with Gasteiger partial charge in [-0.05, 0) is 37.8 Å². The molecule has 1 aliphatic heterocycles. The lowest BCUT2D eigenvalue weighted by Crippen LogP contribution is -2.45. The first-order valence-corrected chi connectivity index (χ1v) is 7.82. The van der Waals surface area contributed by atoms with Gasteiger partial charge in [-0.1, -0.05) is 13.0 Å². The second-order valence-electron chi connectivity index (χ2n) is 5.30. The van der Waals surface area contributed by atoms with E-state index in [0.717, 1.165) is 44.6 Å². The summed E-state index contributed by atoms with van der Waals surface area (Å²) in [5.41, 5.74) is 2.43. The van der Waals surface area contributed by atoms with Crippen LogP contribution in [0.4, 0.5) is 4.79 Å². The Labute approximate surface area is 126 Å². The molecule has 0 spiro atoms. The molecule has 5 nitrogen and oxygen atoms in total. The Kier molecular flexibility index (Phi) is 5.99. The maximum atomic E-state index is 11.6. The predicted octanol–water partition coefficient (Wildman–Crippen LogP) is 2.35. The zero-order valence-corrected chi connectivity index (χ0v) is 13.0. The van der Waals surface area contributed by atoms with Crippen LogP contribution in [0.3, 0.4) is 0 Å². The number of likely N-dealkylation sites (tertiary alicyclic amines) is 1. The minimum absolute atomic E-state index is 0.186. The summed E-state index contributed by atoms with van der Waals surface area (Å²) in [7, 11) is 0. The molecule has 1 fully saturated rings. The third-order valence-corrected chi connectivity index (χ3v) is 3.94. The largest absolute Gasteiger partial charge is 0.450 e. The fourth-order valence-electron chi connectivity index (χ4n) is 2.67. The maximum Gasteiger partial charge on any atom is 0.409 e. The van der Waals surface area contributed by atoms with E-state index in [1.165, 1.54) is 5.56 Å². The number of carbonyl (C=O) groups is 1. The van der Waals surface area contributed by atoms with Crippen LogP contribution in [0.25, 0.3) is 0 Å². The number of carbonyl (C=O) groups excluding carboxylic acids is 1. The van der Waals surface area contributed by atoms with E-state index >= 15 is 0 Å². The zero-order chi connectivity index (χ0) is 15.1. The summed E-state index contributed by atoms with van der Waals surface area (Å²) in [6.07, 6.45) is 4.60. The Balaban J connectivity index is 1.77. The highest BCUT2D eigenvalue weighted by atomic mass is 16.6. The molecule has 0 aromatic carbocycles. The lowest BCUT2D eigenvalue weighted by Gasteiger charge is -2.31. The van der Waals surface area contributed by atoms with Gasteiger partial charge >= 0.3 is 6.09 Å². The molecule has 0 unspecified atom stereocenters. The van der Waals surface area contributed by atoms with Crippen LogP contribution in [0.5, 0.6) is 0 Å². The summed E-state index contributed by atoms with van der Waals surface area (Å²) >= 11 is 0. The summed E-state index contributed by atoms with van der Waals surface area (Å²) < 4.78 is 5.03. The van der Waals surface area contributed by atoms with Crippen LogP contribution in [0.15, 0.2) is 18.3 Å². The van der Waals surface area contributed by atoms with Crippen molar-refractivity contribution in [3.8, 4) is 0 Å². The molecule has 1 aromatic heterocycles. The first-order valence-electron chi connectivity index (χ1n) is 7.82. The number of amides is 1. The van der Waals surface area contributed by atoms with Crippen molar-refractivity contribution < 1.29 is 9.53 Å². The van der Waals surface area contributed by atoms with Crippen molar-refractivity contribution in [2.75, 3.05) is 19.7 Å². The monoisotopic (exact) mass is 291 g/mol.